The number of aliphatic hydroxyl groups is 1. The molecular formula is C21H25F3N8O2. The van der Waals surface area contributed by atoms with E-state index in [0.29, 0.717) is 30.2 Å². The van der Waals surface area contributed by atoms with E-state index in [4.69, 9.17) is 0 Å². The number of nitrogens with one attached hydrogen (secondary N) is 1. The number of likely N-dealkylation sites (N-methyl/N-ethyl adjacent to an activating group) is 1. The topological polar surface area (TPSA) is 122 Å². The van der Waals surface area contributed by atoms with Crippen molar-refractivity contribution in [2.45, 2.75) is 45.0 Å². The second-order valence-corrected chi connectivity index (χ2v) is 8.09. The van der Waals surface area contributed by atoms with Gasteiger partial charge in [0.05, 0.1) is 23.7 Å². The van der Waals surface area contributed by atoms with Crippen molar-refractivity contribution in [3.05, 3.63) is 53.9 Å². The molecule has 10 nitrogen and oxygen atoms in total. The van der Waals surface area contributed by atoms with Gasteiger partial charge in [-0.05, 0) is 32.4 Å². The zero-order valence-corrected chi connectivity index (χ0v) is 19.1. The minimum atomic E-state index is -4.52. The first-order valence-corrected chi connectivity index (χ1v) is 10.4. The Hall–Kier alpha value is -3.61. The van der Waals surface area contributed by atoms with E-state index in [1.165, 1.54) is 22.1 Å². The van der Waals surface area contributed by atoms with Crippen LogP contribution in [0.25, 0.3) is 5.69 Å². The molecule has 3 rings (SSSR count). The molecule has 0 radical (unpaired) electrons. The number of hydrogen-bond donors (Lipinski definition) is 2. The molecule has 0 aliphatic carbocycles. The zero-order valence-electron chi connectivity index (χ0n) is 19.1. The lowest BCUT2D eigenvalue weighted by Gasteiger charge is -2.28. The molecule has 0 aliphatic rings. The number of hydrogen-bond acceptors (Lipinski definition) is 8. The van der Waals surface area contributed by atoms with E-state index in [1.807, 2.05) is 6.92 Å². The first kappa shape index (κ1) is 25.0. The summed E-state index contributed by atoms with van der Waals surface area (Å²) in [6, 6.07) is 2.83. The summed E-state index contributed by atoms with van der Waals surface area (Å²) in [6.45, 7) is 5.16. The monoisotopic (exact) mass is 478 g/mol. The Balaban J connectivity index is 1.82. The van der Waals surface area contributed by atoms with Crippen LogP contribution in [0.2, 0.25) is 0 Å². The Morgan fingerprint density at radius 3 is 2.32 bits per heavy atom. The Bertz CT molecular complexity index is 1110. The molecule has 0 fully saturated rings. The average molecular weight is 478 g/mol. The van der Waals surface area contributed by atoms with Gasteiger partial charge in [0.2, 0.25) is 5.95 Å². The van der Waals surface area contributed by atoms with Gasteiger partial charge in [-0.1, -0.05) is 6.92 Å². The number of alkyl halides is 3. The molecule has 0 saturated carbocycles. The Labute approximate surface area is 193 Å². The largest absolute Gasteiger partial charge is 0.419 e. The van der Waals surface area contributed by atoms with Crippen molar-refractivity contribution in [3.63, 3.8) is 0 Å². The van der Waals surface area contributed by atoms with Crippen LogP contribution < -0.4 is 5.32 Å². The molecule has 0 saturated heterocycles. The van der Waals surface area contributed by atoms with Crippen LogP contribution in [0, 0.1) is 0 Å². The lowest BCUT2D eigenvalue weighted by atomic mass is 10.0. The van der Waals surface area contributed by atoms with Gasteiger partial charge < -0.3 is 15.3 Å². The highest BCUT2D eigenvalue weighted by Gasteiger charge is 2.31. The second kappa shape index (κ2) is 9.71. The van der Waals surface area contributed by atoms with Gasteiger partial charge in [0, 0.05) is 32.0 Å². The second-order valence-electron chi connectivity index (χ2n) is 8.09. The molecule has 182 valence electrons. The fourth-order valence-corrected chi connectivity index (χ4v) is 3.11. The number of nitrogens with zero attached hydrogens (tertiary/aromatic N) is 7. The lowest BCUT2D eigenvalue weighted by molar-refractivity contribution is -0.138. The molecule has 1 atom stereocenters. The van der Waals surface area contributed by atoms with E-state index in [-0.39, 0.29) is 24.2 Å². The van der Waals surface area contributed by atoms with Crippen molar-refractivity contribution >= 4 is 11.9 Å². The third-order valence-electron chi connectivity index (χ3n) is 5.15. The molecule has 3 heterocycles. The predicted octanol–water partition coefficient (Wildman–Crippen LogP) is 2.66. The highest BCUT2D eigenvalue weighted by molar-refractivity contribution is 5.95. The SMILES string of the molecule is CCC(CNc1ncc(C(F)(F)F)cn1)N(C)C(=O)c1nc(C(C)(C)O)ccc1-n1nccn1. The number of rotatable bonds is 8. The fraction of sp³-hybridized carbons (Fsp3) is 0.429. The summed E-state index contributed by atoms with van der Waals surface area (Å²) in [6.07, 6.45) is 0.315. The number of pyridine rings is 1. The first-order valence-electron chi connectivity index (χ1n) is 10.4. The van der Waals surface area contributed by atoms with Crippen LogP contribution >= 0.6 is 0 Å². The standard InChI is InChI=1S/C21H25F3N8O2/c1-5-14(12-27-19-25-10-13(11-26-19)21(22,23)24)31(4)18(33)17-15(32-28-8-9-29-32)6-7-16(30-17)20(2,3)34/h6-11,14,34H,5,12H2,1-4H3,(H,25,26,27). The molecule has 1 amide bonds. The lowest BCUT2D eigenvalue weighted by Crippen LogP contribution is -2.42. The van der Waals surface area contributed by atoms with Gasteiger partial charge >= 0.3 is 6.18 Å². The summed E-state index contributed by atoms with van der Waals surface area (Å²) in [4.78, 5) is 27.9. The number of anilines is 1. The van der Waals surface area contributed by atoms with Crippen molar-refractivity contribution in [1.82, 2.24) is 34.8 Å². The minimum absolute atomic E-state index is 0.0101. The summed E-state index contributed by atoms with van der Waals surface area (Å²) in [5, 5.41) is 21.4. The molecule has 2 N–H and O–H groups in total. The van der Waals surface area contributed by atoms with Crippen LogP contribution in [-0.4, -0.2) is 65.5 Å². The van der Waals surface area contributed by atoms with Crippen molar-refractivity contribution in [2.24, 2.45) is 0 Å². The van der Waals surface area contributed by atoms with Crippen LogP contribution in [-0.2, 0) is 11.8 Å². The number of aromatic nitrogens is 6. The molecule has 3 aromatic heterocycles. The Kier molecular flexibility index (Phi) is 7.15. The van der Waals surface area contributed by atoms with E-state index in [9.17, 15) is 23.1 Å². The minimum Gasteiger partial charge on any atom is -0.384 e. The maximum absolute atomic E-state index is 13.4. The number of amides is 1. The summed E-state index contributed by atoms with van der Waals surface area (Å²) < 4.78 is 38.1. The molecule has 0 spiro atoms. The number of halogens is 3. The average Bonchev–Trinajstić information content (AvgIpc) is 3.32. The van der Waals surface area contributed by atoms with Gasteiger partial charge in [-0.15, -0.1) is 4.80 Å². The molecule has 0 aromatic carbocycles. The van der Waals surface area contributed by atoms with Gasteiger partial charge in [-0.3, -0.25) is 4.79 Å². The molecular weight excluding hydrogens is 453 g/mol. The van der Waals surface area contributed by atoms with E-state index >= 15 is 0 Å². The zero-order chi connectivity index (χ0) is 25.1. The van der Waals surface area contributed by atoms with Crippen LogP contribution in [0.5, 0.6) is 0 Å². The molecule has 34 heavy (non-hydrogen) atoms. The van der Waals surface area contributed by atoms with Crippen LogP contribution in [0.15, 0.2) is 36.9 Å². The Morgan fingerprint density at radius 2 is 1.79 bits per heavy atom. The van der Waals surface area contributed by atoms with Crippen molar-refractivity contribution in [2.75, 3.05) is 18.9 Å². The van der Waals surface area contributed by atoms with Gasteiger partial charge in [0.15, 0.2) is 5.69 Å². The summed E-state index contributed by atoms with van der Waals surface area (Å²) in [5.41, 5.74) is -1.55. The van der Waals surface area contributed by atoms with E-state index < -0.39 is 23.2 Å². The quantitative estimate of drug-likeness (QED) is 0.507. The smallest absolute Gasteiger partial charge is 0.384 e. The van der Waals surface area contributed by atoms with Crippen molar-refractivity contribution < 1.29 is 23.1 Å². The van der Waals surface area contributed by atoms with Gasteiger partial charge in [-0.2, -0.15) is 23.4 Å². The molecule has 0 aliphatic heterocycles. The van der Waals surface area contributed by atoms with Crippen molar-refractivity contribution in [3.8, 4) is 5.69 Å². The normalized spacial score (nSPS) is 12.9. The van der Waals surface area contributed by atoms with E-state index in [1.54, 1.807) is 33.0 Å². The third-order valence-corrected chi connectivity index (χ3v) is 5.15. The summed E-state index contributed by atoms with van der Waals surface area (Å²) in [7, 11) is 1.59. The summed E-state index contributed by atoms with van der Waals surface area (Å²) in [5.74, 6) is -0.434. The highest BCUT2D eigenvalue weighted by atomic mass is 19.4. The maximum atomic E-state index is 13.4. The molecule has 3 aromatic rings. The van der Waals surface area contributed by atoms with Gasteiger partial charge in [-0.25, -0.2) is 15.0 Å². The predicted molar refractivity (Wildman–Crippen MR) is 116 cm³/mol. The van der Waals surface area contributed by atoms with E-state index in [0.717, 1.165) is 0 Å². The molecule has 1 unspecified atom stereocenters. The third kappa shape index (κ3) is 5.65. The molecule has 13 heteroatoms. The van der Waals surface area contributed by atoms with Crippen molar-refractivity contribution in [1.29, 1.82) is 0 Å². The van der Waals surface area contributed by atoms with Gasteiger partial charge in [0.25, 0.3) is 5.91 Å². The van der Waals surface area contributed by atoms with Crippen LogP contribution in [0.4, 0.5) is 19.1 Å². The van der Waals surface area contributed by atoms with E-state index in [2.05, 4.69) is 30.5 Å². The number of carbonyl (C=O) groups excluding carboxylic acids is 1. The highest BCUT2D eigenvalue weighted by Crippen LogP contribution is 2.28. The van der Waals surface area contributed by atoms with Crippen LogP contribution in [0.3, 0.4) is 0 Å². The van der Waals surface area contributed by atoms with Crippen LogP contribution in [0.1, 0.15) is 48.9 Å². The summed E-state index contributed by atoms with van der Waals surface area (Å²) >= 11 is 0. The molecule has 0 bridgehead atoms. The first-order chi connectivity index (χ1) is 15.9. The number of carbonyl (C=O) groups is 1. The maximum Gasteiger partial charge on any atom is 0.419 e. The van der Waals surface area contributed by atoms with Gasteiger partial charge in [0.1, 0.15) is 11.3 Å². The fourth-order valence-electron chi connectivity index (χ4n) is 3.11. The Morgan fingerprint density at radius 1 is 1.18 bits per heavy atom.